The van der Waals surface area contributed by atoms with Gasteiger partial charge in [0.25, 0.3) is 0 Å². The molecule has 3 heterocycles. The monoisotopic (exact) mass is 638 g/mol. The molecule has 0 fully saturated rings. The van der Waals surface area contributed by atoms with Crippen LogP contribution in [0, 0.1) is 0 Å². The first-order valence-electron chi connectivity index (χ1n) is 16.9. The Morgan fingerprint density at radius 2 is 0.860 bits per heavy atom. The van der Waals surface area contributed by atoms with Crippen LogP contribution in [0.1, 0.15) is 0 Å². The number of benzene rings is 7. The summed E-state index contributed by atoms with van der Waals surface area (Å²) in [5, 5.41) is 4.84. The highest BCUT2D eigenvalue weighted by Gasteiger charge is 2.17. The highest BCUT2D eigenvalue weighted by atomic mass is 15.2. The zero-order valence-corrected chi connectivity index (χ0v) is 27.1. The molecule has 0 atom stereocenters. The van der Waals surface area contributed by atoms with E-state index in [0.717, 1.165) is 38.9 Å². The third-order valence-corrected chi connectivity index (χ3v) is 9.82. The standard InChI is InChI=1S/C46H30N4/c1-2-11-31(12-3-1)32-21-23-33(24-22-32)34-13-10-14-35(29-34)41-27-28-47-46(48-41)50-44-20-9-6-17-39(44)40-30-36(25-26-45(40)50)49-42-18-7-4-15-37(42)38-16-5-8-19-43(38)49/h1-30H. The van der Waals surface area contributed by atoms with Crippen LogP contribution in [0.15, 0.2) is 182 Å². The summed E-state index contributed by atoms with van der Waals surface area (Å²) < 4.78 is 4.56. The predicted molar refractivity (Wildman–Crippen MR) is 207 cm³/mol. The summed E-state index contributed by atoms with van der Waals surface area (Å²) in [5.41, 5.74) is 12.3. The second-order valence-electron chi connectivity index (χ2n) is 12.7. The van der Waals surface area contributed by atoms with Gasteiger partial charge in [-0.2, -0.15) is 0 Å². The highest BCUT2D eigenvalue weighted by Crippen LogP contribution is 2.37. The minimum Gasteiger partial charge on any atom is -0.309 e. The van der Waals surface area contributed by atoms with E-state index in [-0.39, 0.29) is 0 Å². The molecule has 10 rings (SSSR count). The van der Waals surface area contributed by atoms with Crippen molar-refractivity contribution in [2.75, 3.05) is 0 Å². The summed E-state index contributed by atoms with van der Waals surface area (Å²) in [6, 6.07) is 62.4. The molecule has 10 aromatic rings. The van der Waals surface area contributed by atoms with E-state index in [0.29, 0.717) is 5.95 Å². The van der Waals surface area contributed by atoms with E-state index in [1.54, 1.807) is 0 Å². The first kappa shape index (κ1) is 28.3. The molecule has 4 nitrogen and oxygen atoms in total. The smallest absolute Gasteiger partial charge is 0.235 e. The summed E-state index contributed by atoms with van der Waals surface area (Å²) in [6.45, 7) is 0. The first-order chi connectivity index (χ1) is 24.8. The van der Waals surface area contributed by atoms with Crippen molar-refractivity contribution < 1.29 is 0 Å². The molecule has 0 amide bonds. The maximum Gasteiger partial charge on any atom is 0.235 e. The van der Waals surface area contributed by atoms with Crippen LogP contribution < -0.4 is 0 Å². The third kappa shape index (κ3) is 4.54. The van der Waals surface area contributed by atoms with Crippen LogP contribution in [0.5, 0.6) is 0 Å². The largest absolute Gasteiger partial charge is 0.309 e. The predicted octanol–water partition coefficient (Wildman–Crippen LogP) is 11.7. The Bertz CT molecular complexity index is 2810. The number of rotatable bonds is 5. The van der Waals surface area contributed by atoms with E-state index in [1.807, 2.05) is 18.3 Å². The molecule has 0 aliphatic heterocycles. The van der Waals surface area contributed by atoms with E-state index in [9.17, 15) is 0 Å². The number of para-hydroxylation sites is 3. The average Bonchev–Trinajstić information content (AvgIpc) is 3.71. The molecule has 0 aliphatic carbocycles. The number of hydrogen-bond acceptors (Lipinski definition) is 2. The maximum atomic E-state index is 5.18. The van der Waals surface area contributed by atoms with Crippen molar-refractivity contribution in [3.63, 3.8) is 0 Å². The quantitative estimate of drug-likeness (QED) is 0.188. The number of nitrogens with zero attached hydrogens (tertiary/aromatic N) is 4. The third-order valence-electron chi connectivity index (χ3n) is 9.82. The van der Waals surface area contributed by atoms with Gasteiger partial charge < -0.3 is 4.57 Å². The molecule has 50 heavy (non-hydrogen) atoms. The Morgan fingerprint density at radius 3 is 1.56 bits per heavy atom. The Morgan fingerprint density at radius 1 is 0.340 bits per heavy atom. The lowest BCUT2D eigenvalue weighted by molar-refractivity contribution is 0.992. The molecule has 0 N–H and O–H groups in total. The lowest BCUT2D eigenvalue weighted by atomic mass is 9.98. The van der Waals surface area contributed by atoms with Crippen molar-refractivity contribution in [2.45, 2.75) is 0 Å². The van der Waals surface area contributed by atoms with Crippen LogP contribution >= 0.6 is 0 Å². The molecule has 3 aromatic heterocycles. The average molecular weight is 639 g/mol. The van der Waals surface area contributed by atoms with E-state index in [4.69, 9.17) is 9.97 Å². The van der Waals surface area contributed by atoms with Crippen molar-refractivity contribution in [1.82, 2.24) is 19.1 Å². The van der Waals surface area contributed by atoms with Gasteiger partial charge in [0.1, 0.15) is 0 Å². The van der Waals surface area contributed by atoms with Gasteiger partial charge in [0.2, 0.25) is 5.95 Å². The second kappa shape index (κ2) is 11.4. The molecule has 0 unspecified atom stereocenters. The van der Waals surface area contributed by atoms with Crippen LogP contribution in [-0.4, -0.2) is 19.1 Å². The minimum absolute atomic E-state index is 0.649. The summed E-state index contributed by atoms with van der Waals surface area (Å²) in [7, 11) is 0. The van der Waals surface area contributed by atoms with Crippen LogP contribution in [-0.2, 0) is 0 Å². The minimum atomic E-state index is 0.649. The SMILES string of the molecule is c1ccc(-c2ccc(-c3cccc(-c4ccnc(-n5c6ccccc6c6cc(-n7c8ccccc8c8ccccc87)ccc65)n4)c3)cc2)cc1. The molecule has 0 saturated carbocycles. The maximum absolute atomic E-state index is 5.18. The van der Waals surface area contributed by atoms with Gasteiger partial charge in [0.15, 0.2) is 0 Å². The summed E-state index contributed by atoms with van der Waals surface area (Å²) in [6.07, 6.45) is 1.87. The Hall–Kier alpha value is -6.78. The van der Waals surface area contributed by atoms with Crippen molar-refractivity contribution in [2.24, 2.45) is 0 Å². The van der Waals surface area contributed by atoms with Crippen molar-refractivity contribution >= 4 is 43.6 Å². The van der Waals surface area contributed by atoms with E-state index in [1.165, 1.54) is 43.9 Å². The molecule has 0 radical (unpaired) electrons. The molecule has 234 valence electrons. The topological polar surface area (TPSA) is 35.6 Å². The van der Waals surface area contributed by atoms with Gasteiger partial charge in [-0.05, 0) is 70.8 Å². The molecule has 0 saturated heterocycles. The number of hydrogen-bond donors (Lipinski definition) is 0. The summed E-state index contributed by atoms with van der Waals surface area (Å²) >= 11 is 0. The summed E-state index contributed by atoms with van der Waals surface area (Å²) in [4.78, 5) is 10.0. The lowest BCUT2D eigenvalue weighted by Crippen LogP contribution is -2.02. The second-order valence-corrected chi connectivity index (χ2v) is 12.7. The van der Waals surface area contributed by atoms with Gasteiger partial charge in [-0.25, -0.2) is 9.97 Å². The summed E-state index contributed by atoms with van der Waals surface area (Å²) in [5.74, 6) is 0.649. The van der Waals surface area contributed by atoms with Crippen molar-refractivity contribution in [1.29, 1.82) is 0 Å². The Labute approximate surface area is 289 Å². The van der Waals surface area contributed by atoms with E-state index in [2.05, 4.69) is 173 Å². The van der Waals surface area contributed by atoms with Gasteiger partial charge in [0, 0.05) is 39.0 Å². The number of fused-ring (bicyclic) bond motifs is 6. The fourth-order valence-corrected chi connectivity index (χ4v) is 7.48. The molecule has 0 spiro atoms. The molecule has 0 bridgehead atoms. The molecule has 7 aromatic carbocycles. The normalized spacial score (nSPS) is 11.6. The highest BCUT2D eigenvalue weighted by molar-refractivity contribution is 6.12. The first-order valence-corrected chi connectivity index (χ1v) is 16.9. The van der Waals surface area contributed by atoms with E-state index >= 15 is 0 Å². The van der Waals surface area contributed by atoms with Crippen LogP contribution in [0.3, 0.4) is 0 Å². The van der Waals surface area contributed by atoms with Gasteiger partial charge in [-0.15, -0.1) is 0 Å². The van der Waals surface area contributed by atoms with Gasteiger partial charge in [0.05, 0.1) is 27.8 Å². The Kier molecular flexibility index (Phi) is 6.46. The fraction of sp³-hybridized carbons (Fsp3) is 0. The molecule has 4 heteroatoms. The molecule has 0 aliphatic rings. The van der Waals surface area contributed by atoms with Gasteiger partial charge in [-0.1, -0.05) is 127 Å². The van der Waals surface area contributed by atoms with Crippen molar-refractivity contribution in [3.05, 3.63) is 182 Å². The fourth-order valence-electron chi connectivity index (χ4n) is 7.48. The van der Waals surface area contributed by atoms with Crippen molar-refractivity contribution in [3.8, 4) is 45.1 Å². The van der Waals surface area contributed by atoms with Gasteiger partial charge in [-0.3, -0.25) is 4.57 Å². The van der Waals surface area contributed by atoms with Crippen LogP contribution in [0.4, 0.5) is 0 Å². The number of aromatic nitrogens is 4. The lowest BCUT2D eigenvalue weighted by Gasteiger charge is -2.11. The zero-order chi connectivity index (χ0) is 33.0. The van der Waals surface area contributed by atoms with Gasteiger partial charge >= 0.3 is 0 Å². The van der Waals surface area contributed by atoms with E-state index < -0.39 is 0 Å². The van der Waals surface area contributed by atoms with Crippen LogP contribution in [0.2, 0.25) is 0 Å². The Balaban J connectivity index is 1.07. The van der Waals surface area contributed by atoms with Crippen LogP contribution in [0.25, 0.3) is 88.8 Å². The zero-order valence-electron chi connectivity index (χ0n) is 27.1. The molecular weight excluding hydrogens is 609 g/mol. The molecular formula is C46H30N4.